The molecule has 1 spiro atoms. The number of hydrogen-bond acceptors (Lipinski definition) is 5. The Balaban J connectivity index is 1.52. The number of ether oxygens (including phenoxy) is 1. The van der Waals surface area contributed by atoms with Crippen LogP contribution in [0.15, 0.2) is 28.9 Å². The monoisotopic (exact) mass is 457 g/mol. The summed E-state index contributed by atoms with van der Waals surface area (Å²) in [5, 5.41) is 8.91. The molecular weight excluding hydrogens is 422 g/mol. The number of hydrogen-bond donors (Lipinski definition) is 2. The van der Waals surface area contributed by atoms with Crippen molar-refractivity contribution < 1.29 is 9.15 Å². The predicted octanol–water partition coefficient (Wildman–Crippen LogP) is 6.51. The Morgan fingerprint density at radius 3 is 2.72 bits per heavy atom. The van der Waals surface area contributed by atoms with Crippen molar-refractivity contribution in [2.24, 2.45) is 0 Å². The molecule has 1 saturated carbocycles. The smallest absolute Gasteiger partial charge is 0.142 e. The van der Waals surface area contributed by atoms with Crippen LogP contribution >= 0.6 is 11.6 Å². The van der Waals surface area contributed by atoms with Gasteiger partial charge in [0.25, 0.3) is 0 Å². The number of fused-ring (bicyclic) bond motifs is 4. The van der Waals surface area contributed by atoms with Crippen LogP contribution in [0.25, 0.3) is 11.0 Å². The molecule has 2 fully saturated rings. The van der Waals surface area contributed by atoms with Gasteiger partial charge >= 0.3 is 0 Å². The molecule has 3 aliphatic rings. The first-order valence-corrected chi connectivity index (χ1v) is 12.6. The molecule has 32 heavy (non-hydrogen) atoms. The van der Waals surface area contributed by atoms with Gasteiger partial charge in [-0.05, 0) is 58.2 Å². The minimum absolute atomic E-state index is 0.0656. The lowest BCUT2D eigenvalue weighted by atomic mass is 9.74. The highest BCUT2D eigenvalue weighted by Crippen LogP contribution is 2.50. The first-order valence-electron chi connectivity index (χ1n) is 12.2. The summed E-state index contributed by atoms with van der Waals surface area (Å²) in [6.45, 7) is 13.4. The molecule has 1 aliphatic carbocycles. The van der Waals surface area contributed by atoms with Crippen molar-refractivity contribution in [1.82, 2.24) is 10.2 Å². The van der Waals surface area contributed by atoms with E-state index in [0.717, 1.165) is 78.6 Å². The molecule has 2 aromatic rings. The summed E-state index contributed by atoms with van der Waals surface area (Å²) >= 11 is 6.79. The molecule has 0 radical (unpaired) electrons. The second-order valence-corrected chi connectivity index (χ2v) is 10.8. The Morgan fingerprint density at radius 1 is 1.22 bits per heavy atom. The van der Waals surface area contributed by atoms with Crippen LogP contribution in [0, 0.1) is 0 Å². The minimum Gasteiger partial charge on any atom is -0.459 e. The van der Waals surface area contributed by atoms with Gasteiger partial charge < -0.3 is 19.8 Å². The van der Waals surface area contributed by atoms with Crippen LogP contribution in [-0.4, -0.2) is 29.7 Å². The zero-order valence-electron chi connectivity index (χ0n) is 19.7. The maximum Gasteiger partial charge on any atom is 0.142 e. The molecule has 3 heterocycles. The van der Waals surface area contributed by atoms with Crippen molar-refractivity contribution in [3.8, 4) is 0 Å². The van der Waals surface area contributed by atoms with E-state index < -0.39 is 0 Å². The molecule has 0 amide bonds. The van der Waals surface area contributed by atoms with Crippen LogP contribution in [0.4, 0.5) is 5.69 Å². The van der Waals surface area contributed by atoms with Crippen molar-refractivity contribution in [3.63, 3.8) is 0 Å². The van der Waals surface area contributed by atoms with E-state index >= 15 is 0 Å². The lowest BCUT2D eigenvalue weighted by Gasteiger charge is -2.44. The molecule has 1 atom stereocenters. The average molecular weight is 458 g/mol. The fourth-order valence-electron chi connectivity index (χ4n) is 6.13. The summed E-state index contributed by atoms with van der Waals surface area (Å²) in [5.74, 6) is 1.83. The standard InChI is InChI=1S/C26H36ClN3O2/c1-5-30(19-9-12-31-25(3,4)15-19)16-20-13-18-14-21(27)23-22(24(18)32-20)26(29-17(2)28-23)10-7-6-8-11-26/h13-14,19,28-29H,2,5-12,15-16H2,1,3-4H3. The molecule has 174 valence electrons. The van der Waals surface area contributed by atoms with Crippen LogP contribution in [0.2, 0.25) is 5.02 Å². The van der Waals surface area contributed by atoms with Gasteiger partial charge in [-0.25, -0.2) is 0 Å². The number of benzene rings is 1. The Morgan fingerprint density at radius 2 is 2.00 bits per heavy atom. The molecule has 5 rings (SSSR count). The lowest BCUT2D eigenvalue weighted by molar-refractivity contribution is -0.0844. The Hall–Kier alpha value is -1.69. The van der Waals surface area contributed by atoms with Crippen molar-refractivity contribution in [2.75, 3.05) is 18.5 Å². The van der Waals surface area contributed by atoms with Crippen molar-refractivity contribution in [1.29, 1.82) is 0 Å². The largest absolute Gasteiger partial charge is 0.459 e. The third-order valence-electron chi connectivity index (χ3n) is 7.61. The van der Waals surface area contributed by atoms with Crippen molar-refractivity contribution in [2.45, 2.75) is 89.4 Å². The molecule has 0 bridgehead atoms. The summed E-state index contributed by atoms with van der Waals surface area (Å²) < 4.78 is 12.6. The molecule has 1 aromatic carbocycles. The maximum atomic E-state index is 6.79. The van der Waals surface area contributed by atoms with Crippen LogP contribution in [0.1, 0.15) is 77.0 Å². The molecule has 2 N–H and O–H groups in total. The predicted molar refractivity (Wildman–Crippen MR) is 131 cm³/mol. The van der Waals surface area contributed by atoms with Crippen molar-refractivity contribution >= 4 is 28.3 Å². The van der Waals surface area contributed by atoms with Crippen LogP contribution in [-0.2, 0) is 16.8 Å². The second-order valence-electron chi connectivity index (χ2n) is 10.4. The second kappa shape index (κ2) is 8.27. The first kappa shape index (κ1) is 22.1. The third kappa shape index (κ3) is 3.93. The normalized spacial score (nSPS) is 24.4. The van der Waals surface area contributed by atoms with Gasteiger partial charge in [-0.15, -0.1) is 0 Å². The van der Waals surface area contributed by atoms with E-state index in [4.69, 9.17) is 20.8 Å². The Kier molecular flexibility index (Phi) is 5.71. The summed E-state index contributed by atoms with van der Waals surface area (Å²) in [6.07, 6.45) is 7.93. The molecule has 1 unspecified atom stereocenters. The molecule has 5 nitrogen and oxygen atoms in total. The van der Waals surface area contributed by atoms with Gasteiger partial charge in [0.05, 0.1) is 34.2 Å². The Labute approximate surface area is 196 Å². The highest BCUT2D eigenvalue weighted by Gasteiger charge is 2.42. The van der Waals surface area contributed by atoms with Gasteiger partial charge in [-0.1, -0.05) is 44.4 Å². The van der Waals surface area contributed by atoms with Gasteiger partial charge in [0.2, 0.25) is 0 Å². The van der Waals surface area contributed by atoms with E-state index in [9.17, 15) is 0 Å². The highest BCUT2D eigenvalue weighted by molar-refractivity contribution is 6.34. The van der Waals surface area contributed by atoms with E-state index in [0.29, 0.717) is 6.04 Å². The van der Waals surface area contributed by atoms with Crippen LogP contribution < -0.4 is 10.6 Å². The molecular formula is C26H36ClN3O2. The summed E-state index contributed by atoms with van der Waals surface area (Å²) in [4.78, 5) is 2.53. The average Bonchev–Trinajstić information content (AvgIpc) is 3.13. The van der Waals surface area contributed by atoms with Gasteiger partial charge in [-0.2, -0.15) is 0 Å². The van der Waals surface area contributed by atoms with Gasteiger partial charge in [-0.3, -0.25) is 4.90 Å². The third-order valence-corrected chi connectivity index (χ3v) is 7.91. The fraction of sp³-hybridized carbons (Fsp3) is 0.615. The Bertz CT molecular complexity index is 1020. The van der Waals surface area contributed by atoms with Gasteiger partial charge in [0.15, 0.2) is 0 Å². The molecule has 6 heteroatoms. The number of anilines is 1. The summed E-state index contributed by atoms with van der Waals surface area (Å²) in [6, 6.07) is 4.73. The maximum absolute atomic E-state index is 6.79. The minimum atomic E-state index is -0.149. The number of nitrogens with one attached hydrogen (secondary N) is 2. The number of halogens is 1. The van der Waals surface area contributed by atoms with E-state index in [2.05, 4.69) is 49.0 Å². The fourth-order valence-corrected chi connectivity index (χ4v) is 6.39. The van der Waals surface area contributed by atoms with E-state index in [1.54, 1.807) is 0 Å². The molecule has 1 saturated heterocycles. The number of rotatable bonds is 4. The zero-order chi connectivity index (χ0) is 22.5. The van der Waals surface area contributed by atoms with Gasteiger partial charge in [0, 0.05) is 23.6 Å². The number of furan rings is 1. The van der Waals surface area contributed by atoms with Crippen molar-refractivity contribution in [3.05, 3.63) is 40.9 Å². The topological polar surface area (TPSA) is 49.7 Å². The summed E-state index contributed by atoms with van der Waals surface area (Å²) in [7, 11) is 0. The number of nitrogens with zero attached hydrogens (tertiary/aromatic N) is 1. The SMILES string of the molecule is C=C1Nc2c(Cl)cc3cc(CN(CC)C4CCOC(C)(C)C4)oc3c2C2(CCCCC2)N1. The first-order chi connectivity index (χ1) is 15.3. The van der Waals surface area contributed by atoms with E-state index in [1.165, 1.54) is 24.8 Å². The van der Waals surface area contributed by atoms with E-state index in [-0.39, 0.29) is 11.1 Å². The molecule has 1 aromatic heterocycles. The van der Waals surface area contributed by atoms with Crippen LogP contribution in [0.3, 0.4) is 0 Å². The quantitative estimate of drug-likeness (QED) is 0.547. The van der Waals surface area contributed by atoms with E-state index in [1.807, 2.05) is 6.07 Å². The van der Waals surface area contributed by atoms with Crippen LogP contribution in [0.5, 0.6) is 0 Å². The lowest BCUT2D eigenvalue weighted by Crippen LogP contribution is -2.48. The molecule has 2 aliphatic heterocycles. The van der Waals surface area contributed by atoms with Gasteiger partial charge in [0.1, 0.15) is 11.3 Å². The zero-order valence-corrected chi connectivity index (χ0v) is 20.4. The summed E-state index contributed by atoms with van der Waals surface area (Å²) in [5.41, 5.74) is 2.91. The highest BCUT2D eigenvalue weighted by atomic mass is 35.5.